The molecule has 1 atom stereocenters. The maximum Gasteiger partial charge on any atom is 0.0799 e. The van der Waals surface area contributed by atoms with Crippen LogP contribution in [0.1, 0.15) is 51.0 Å². The van der Waals surface area contributed by atoms with Gasteiger partial charge in [-0.05, 0) is 68.8 Å². The summed E-state index contributed by atoms with van der Waals surface area (Å²) in [5.41, 5.74) is 0.910. The van der Waals surface area contributed by atoms with E-state index in [-0.39, 0.29) is 5.41 Å². The van der Waals surface area contributed by atoms with Gasteiger partial charge in [0.05, 0.1) is 5.60 Å². The monoisotopic (exact) mass is 299 g/mol. The lowest BCUT2D eigenvalue weighted by Crippen LogP contribution is -2.60. The predicted octanol–water partition coefficient (Wildman–Crippen LogP) is 3.74. The Kier molecular flexibility index (Phi) is 3.58. The molecule has 0 saturated heterocycles. The molecule has 4 aliphatic carbocycles. The Labute approximate surface area is 134 Å². The minimum Gasteiger partial charge on any atom is -0.388 e. The zero-order valence-corrected chi connectivity index (χ0v) is 13.7. The fourth-order valence-electron chi connectivity index (χ4n) is 6.00. The van der Waals surface area contributed by atoms with Crippen molar-refractivity contribution in [2.24, 2.45) is 23.2 Å². The van der Waals surface area contributed by atoms with Crippen molar-refractivity contribution in [2.75, 3.05) is 6.54 Å². The minimum atomic E-state index is -0.572. The van der Waals surface area contributed by atoms with Crippen molar-refractivity contribution in [3.8, 4) is 0 Å². The van der Waals surface area contributed by atoms with Crippen molar-refractivity contribution >= 4 is 0 Å². The van der Waals surface area contributed by atoms with Crippen molar-refractivity contribution in [1.82, 2.24) is 5.32 Å². The van der Waals surface area contributed by atoms with E-state index in [1.165, 1.54) is 44.1 Å². The van der Waals surface area contributed by atoms with Crippen LogP contribution >= 0.6 is 0 Å². The molecule has 0 amide bonds. The Morgan fingerprint density at radius 1 is 1.05 bits per heavy atom. The second kappa shape index (κ2) is 5.35. The molecule has 22 heavy (non-hydrogen) atoms. The summed E-state index contributed by atoms with van der Waals surface area (Å²) < 4.78 is 0. The zero-order valence-electron chi connectivity index (χ0n) is 13.7. The maximum atomic E-state index is 11.3. The molecule has 4 aliphatic rings. The lowest BCUT2D eigenvalue weighted by molar-refractivity contribution is -0.168. The molecule has 0 heterocycles. The summed E-state index contributed by atoms with van der Waals surface area (Å²) in [5, 5.41) is 14.8. The predicted molar refractivity (Wildman–Crippen MR) is 89.4 cm³/mol. The van der Waals surface area contributed by atoms with Gasteiger partial charge in [0.1, 0.15) is 0 Å². The highest BCUT2D eigenvalue weighted by molar-refractivity contribution is 5.15. The summed E-state index contributed by atoms with van der Waals surface area (Å²) in [7, 11) is 0. The van der Waals surface area contributed by atoms with Crippen LogP contribution in [0, 0.1) is 23.2 Å². The van der Waals surface area contributed by atoms with Crippen LogP contribution in [0.2, 0.25) is 0 Å². The standard InChI is InChI=1S/C20H29NO/c1-19(22,14-21-13-15-5-3-2-4-6-15)20-10-16-7-17(11-20)9-18(8-16)12-20/h2-6,16-18,21-22H,7-14H2,1H3. The van der Waals surface area contributed by atoms with E-state index in [4.69, 9.17) is 0 Å². The van der Waals surface area contributed by atoms with Crippen LogP contribution in [0.5, 0.6) is 0 Å². The lowest BCUT2D eigenvalue weighted by atomic mass is 9.45. The number of benzene rings is 1. The second-order valence-electron chi connectivity index (χ2n) is 8.56. The molecule has 4 fully saturated rings. The molecule has 2 heteroatoms. The third-order valence-corrected chi connectivity index (χ3v) is 6.82. The minimum absolute atomic E-state index is 0.186. The van der Waals surface area contributed by atoms with Crippen LogP contribution in [-0.2, 0) is 6.54 Å². The Hall–Kier alpha value is -0.860. The molecule has 120 valence electrons. The summed E-state index contributed by atoms with van der Waals surface area (Å²) in [4.78, 5) is 0. The van der Waals surface area contributed by atoms with Crippen LogP contribution in [0.4, 0.5) is 0 Å². The molecule has 1 aromatic rings. The third-order valence-electron chi connectivity index (χ3n) is 6.82. The number of nitrogens with one attached hydrogen (secondary N) is 1. The summed E-state index contributed by atoms with van der Waals surface area (Å²) in [5.74, 6) is 2.69. The van der Waals surface area contributed by atoms with Gasteiger partial charge in [-0.3, -0.25) is 0 Å². The first kappa shape index (κ1) is 14.7. The van der Waals surface area contributed by atoms with Gasteiger partial charge in [0.25, 0.3) is 0 Å². The molecular weight excluding hydrogens is 270 g/mol. The molecule has 0 spiro atoms. The summed E-state index contributed by atoms with van der Waals surface area (Å²) in [6, 6.07) is 10.5. The number of rotatable bonds is 5. The van der Waals surface area contributed by atoms with Crippen LogP contribution < -0.4 is 5.32 Å². The van der Waals surface area contributed by atoms with E-state index in [1.807, 2.05) is 0 Å². The number of hydrogen-bond donors (Lipinski definition) is 2. The van der Waals surface area contributed by atoms with E-state index in [0.29, 0.717) is 6.54 Å². The fraction of sp³-hybridized carbons (Fsp3) is 0.700. The molecule has 2 N–H and O–H groups in total. The molecule has 2 nitrogen and oxygen atoms in total. The van der Waals surface area contributed by atoms with Gasteiger partial charge in [0.2, 0.25) is 0 Å². The van der Waals surface area contributed by atoms with E-state index >= 15 is 0 Å². The molecule has 5 rings (SSSR count). The van der Waals surface area contributed by atoms with E-state index in [2.05, 4.69) is 42.6 Å². The first-order chi connectivity index (χ1) is 10.6. The van der Waals surface area contributed by atoms with Gasteiger partial charge < -0.3 is 10.4 Å². The Balaban J connectivity index is 1.42. The van der Waals surface area contributed by atoms with Gasteiger partial charge in [0, 0.05) is 18.5 Å². The molecule has 4 bridgehead atoms. The Morgan fingerprint density at radius 3 is 2.14 bits per heavy atom. The third kappa shape index (κ3) is 2.51. The summed E-state index contributed by atoms with van der Waals surface area (Å²) in [6.45, 7) is 3.66. The highest BCUT2D eigenvalue weighted by Gasteiger charge is 2.58. The van der Waals surface area contributed by atoms with Gasteiger partial charge in [-0.1, -0.05) is 30.3 Å². The van der Waals surface area contributed by atoms with Gasteiger partial charge in [0.15, 0.2) is 0 Å². The van der Waals surface area contributed by atoms with Crippen LogP contribution in [0.15, 0.2) is 30.3 Å². The summed E-state index contributed by atoms with van der Waals surface area (Å²) >= 11 is 0. The average Bonchev–Trinajstić information content (AvgIpc) is 2.46. The Bertz CT molecular complexity index is 486. The molecule has 1 unspecified atom stereocenters. The Morgan fingerprint density at radius 2 is 1.59 bits per heavy atom. The molecule has 0 radical (unpaired) electrons. The van der Waals surface area contributed by atoms with Gasteiger partial charge in [-0.15, -0.1) is 0 Å². The van der Waals surface area contributed by atoms with Gasteiger partial charge in [-0.2, -0.15) is 0 Å². The second-order valence-corrected chi connectivity index (χ2v) is 8.56. The summed E-state index contributed by atoms with van der Waals surface area (Å²) in [6.07, 6.45) is 8.10. The van der Waals surface area contributed by atoms with Gasteiger partial charge in [-0.25, -0.2) is 0 Å². The first-order valence-corrected chi connectivity index (χ1v) is 9.03. The topological polar surface area (TPSA) is 32.3 Å². The molecular formula is C20H29NO. The quantitative estimate of drug-likeness (QED) is 0.868. The first-order valence-electron chi connectivity index (χ1n) is 9.03. The largest absolute Gasteiger partial charge is 0.388 e. The van der Waals surface area contributed by atoms with Gasteiger partial charge >= 0.3 is 0 Å². The number of hydrogen-bond acceptors (Lipinski definition) is 2. The van der Waals surface area contributed by atoms with E-state index in [1.54, 1.807) is 0 Å². The van der Waals surface area contributed by atoms with Crippen molar-refractivity contribution in [3.63, 3.8) is 0 Å². The number of aliphatic hydroxyl groups is 1. The highest BCUT2D eigenvalue weighted by atomic mass is 16.3. The average molecular weight is 299 g/mol. The van der Waals surface area contributed by atoms with Crippen LogP contribution in [0.25, 0.3) is 0 Å². The van der Waals surface area contributed by atoms with E-state index < -0.39 is 5.60 Å². The molecule has 1 aromatic carbocycles. The van der Waals surface area contributed by atoms with Crippen LogP contribution in [-0.4, -0.2) is 17.3 Å². The maximum absolute atomic E-state index is 11.3. The lowest BCUT2D eigenvalue weighted by Gasteiger charge is -2.61. The molecule has 0 aliphatic heterocycles. The van der Waals surface area contributed by atoms with Crippen LogP contribution in [0.3, 0.4) is 0 Å². The smallest absolute Gasteiger partial charge is 0.0799 e. The van der Waals surface area contributed by atoms with Crippen molar-refractivity contribution in [3.05, 3.63) is 35.9 Å². The van der Waals surface area contributed by atoms with Crippen molar-refractivity contribution in [1.29, 1.82) is 0 Å². The molecule has 4 saturated carbocycles. The SMILES string of the molecule is CC(O)(CNCc1ccccc1)C12CC3CC(CC(C3)C1)C2. The zero-order chi connectivity index (χ0) is 15.2. The fourth-order valence-corrected chi connectivity index (χ4v) is 6.00. The normalized spacial score (nSPS) is 38.9. The van der Waals surface area contributed by atoms with Crippen molar-refractivity contribution in [2.45, 2.75) is 57.6 Å². The van der Waals surface area contributed by atoms with E-state index in [0.717, 1.165) is 24.3 Å². The highest BCUT2D eigenvalue weighted by Crippen LogP contribution is 2.63. The van der Waals surface area contributed by atoms with E-state index in [9.17, 15) is 5.11 Å². The molecule has 0 aromatic heterocycles. The van der Waals surface area contributed by atoms with Crippen molar-refractivity contribution < 1.29 is 5.11 Å².